The van der Waals surface area contributed by atoms with Gasteiger partial charge in [0, 0.05) is 60.4 Å². The fourth-order valence-corrected chi connectivity index (χ4v) is 8.37. The van der Waals surface area contributed by atoms with Crippen molar-refractivity contribution >= 4 is 44.5 Å². The molecule has 0 spiro atoms. The van der Waals surface area contributed by atoms with Crippen LogP contribution in [-0.2, 0) is 15.6 Å². The van der Waals surface area contributed by atoms with Crippen LogP contribution in [0, 0.1) is 11.3 Å². The second-order valence-electron chi connectivity index (χ2n) is 14.5. The van der Waals surface area contributed by atoms with Gasteiger partial charge in [-0.15, -0.1) is 11.3 Å². The molecule has 0 aliphatic carbocycles. The van der Waals surface area contributed by atoms with Crippen molar-refractivity contribution in [3.8, 4) is 11.8 Å². The fourth-order valence-electron chi connectivity index (χ4n) is 7.57. The number of amides is 1. The third kappa shape index (κ3) is 8.59. The van der Waals surface area contributed by atoms with Crippen LogP contribution in [-0.4, -0.2) is 47.4 Å². The molecule has 4 aromatic rings. The number of carbonyl (C=O) groups excluding carboxylic acids is 1. The van der Waals surface area contributed by atoms with E-state index < -0.39 is 0 Å². The molecule has 53 heavy (non-hydrogen) atoms. The Morgan fingerprint density at radius 1 is 0.962 bits per heavy atom. The summed E-state index contributed by atoms with van der Waals surface area (Å²) in [5.41, 5.74) is 8.61. The first-order valence-electron chi connectivity index (χ1n) is 18.5. The maximum Gasteiger partial charge on any atom is 0.219 e. The molecule has 276 valence electrons. The number of anilines is 1. The molecule has 0 radical (unpaired) electrons. The normalized spacial score (nSPS) is 16.3. The maximum absolute atomic E-state index is 12.5. The molecule has 6 rings (SSSR count). The third-order valence-corrected chi connectivity index (χ3v) is 11.2. The first-order chi connectivity index (χ1) is 25.1. The lowest BCUT2D eigenvalue weighted by Crippen LogP contribution is -3.00. The van der Waals surface area contributed by atoms with E-state index >= 15 is 0 Å². The fraction of sp³-hybridized carbons (Fsp3) is 0.364. The number of rotatable bonds is 15. The number of halogens is 1. The Morgan fingerprint density at radius 3 is 2.53 bits per heavy atom. The minimum atomic E-state index is -0.105. The Balaban J connectivity index is 0.00000541. The molecule has 0 saturated heterocycles. The Kier molecular flexibility index (Phi) is 13.0. The average Bonchev–Trinajstić information content (AvgIpc) is 3.73. The van der Waals surface area contributed by atoms with E-state index in [0.717, 1.165) is 54.7 Å². The van der Waals surface area contributed by atoms with E-state index in [1.165, 1.54) is 45.2 Å². The average molecular weight is 748 g/mol. The van der Waals surface area contributed by atoms with Gasteiger partial charge in [-0.2, -0.15) is 9.84 Å². The van der Waals surface area contributed by atoms with Crippen LogP contribution in [0.4, 0.5) is 11.4 Å². The highest BCUT2D eigenvalue weighted by atomic mass is 35.5. The molecule has 0 saturated carbocycles. The van der Waals surface area contributed by atoms with Gasteiger partial charge in [0.1, 0.15) is 18.4 Å². The van der Waals surface area contributed by atoms with Crippen molar-refractivity contribution in [1.29, 1.82) is 5.26 Å². The van der Waals surface area contributed by atoms with Crippen molar-refractivity contribution in [3.05, 3.63) is 119 Å². The number of ether oxygens (including phenoxy) is 1. The van der Waals surface area contributed by atoms with Crippen LogP contribution >= 0.6 is 11.3 Å². The minimum absolute atomic E-state index is 0. The SMILES string of the molecule is CCN1/C(=C/C=C/C=C/C2=[N+](CCCCCC(=O)NCCCOc3ccc4nc(C#N)sc4c3)c3ccccc3C2(C)C)C(C)(C)c2ccccc21.[Cl-]. The molecule has 9 heteroatoms. The molecule has 0 fully saturated rings. The lowest BCUT2D eigenvalue weighted by molar-refractivity contribution is -0.438. The van der Waals surface area contributed by atoms with Gasteiger partial charge >= 0.3 is 0 Å². The summed E-state index contributed by atoms with van der Waals surface area (Å²) in [4.78, 5) is 19.2. The first-order valence-corrected chi connectivity index (χ1v) is 19.3. The summed E-state index contributed by atoms with van der Waals surface area (Å²) < 4.78 is 9.27. The molecule has 7 nitrogen and oxygen atoms in total. The third-order valence-electron chi connectivity index (χ3n) is 10.3. The van der Waals surface area contributed by atoms with Gasteiger partial charge in [0.2, 0.25) is 11.6 Å². The molecule has 1 amide bonds. The van der Waals surface area contributed by atoms with Gasteiger partial charge in [-0.25, -0.2) is 4.98 Å². The van der Waals surface area contributed by atoms with E-state index in [1.54, 1.807) is 0 Å². The monoisotopic (exact) mass is 747 g/mol. The quantitative estimate of drug-likeness (QED) is 0.0853. The molecule has 0 unspecified atom stereocenters. The largest absolute Gasteiger partial charge is 1.00 e. The highest BCUT2D eigenvalue weighted by Crippen LogP contribution is 2.47. The van der Waals surface area contributed by atoms with Crippen LogP contribution in [0.2, 0.25) is 0 Å². The molecule has 3 heterocycles. The van der Waals surface area contributed by atoms with E-state index in [-0.39, 0.29) is 29.1 Å². The Hall–Kier alpha value is -4.71. The second kappa shape index (κ2) is 17.4. The molecule has 1 aromatic heterocycles. The lowest BCUT2D eigenvalue weighted by atomic mass is 9.81. The van der Waals surface area contributed by atoms with Gasteiger partial charge in [-0.05, 0) is 75.9 Å². The van der Waals surface area contributed by atoms with Gasteiger partial charge in [0.15, 0.2) is 10.7 Å². The van der Waals surface area contributed by atoms with Crippen molar-refractivity contribution in [2.45, 2.75) is 77.6 Å². The Labute approximate surface area is 324 Å². The van der Waals surface area contributed by atoms with Crippen molar-refractivity contribution in [2.75, 3.05) is 31.1 Å². The minimum Gasteiger partial charge on any atom is -1.00 e. The van der Waals surface area contributed by atoms with Crippen LogP contribution < -0.4 is 27.4 Å². The number of likely N-dealkylation sites (N-methyl/N-ethyl adjacent to an activating group) is 1. The Bertz CT molecular complexity index is 2100. The maximum atomic E-state index is 12.5. The van der Waals surface area contributed by atoms with Gasteiger partial charge in [0.25, 0.3) is 0 Å². The summed E-state index contributed by atoms with van der Waals surface area (Å²) in [6.45, 7) is 14.4. The van der Waals surface area contributed by atoms with E-state index in [1.807, 2.05) is 18.2 Å². The summed E-state index contributed by atoms with van der Waals surface area (Å²) >= 11 is 1.36. The van der Waals surface area contributed by atoms with E-state index in [2.05, 4.69) is 139 Å². The smallest absolute Gasteiger partial charge is 0.219 e. The summed E-state index contributed by atoms with van der Waals surface area (Å²) in [5, 5.41) is 12.6. The summed E-state index contributed by atoms with van der Waals surface area (Å²) in [5.74, 6) is 0.839. The number of unbranched alkanes of at least 4 members (excludes halogenated alkanes) is 2. The number of carbonyl (C=O) groups is 1. The second-order valence-corrected chi connectivity index (χ2v) is 15.5. The van der Waals surface area contributed by atoms with E-state index in [0.29, 0.717) is 24.6 Å². The van der Waals surface area contributed by atoms with Crippen molar-refractivity contribution in [1.82, 2.24) is 10.3 Å². The number of thiazole rings is 1. The van der Waals surface area contributed by atoms with E-state index in [4.69, 9.17) is 10.00 Å². The molecule has 0 bridgehead atoms. The van der Waals surface area contributed by atoms with Crippen LogP contribution in [0.3, 0.4) is 0 Å². The van der Waals surface area contributed by atoms with Gasteiger partial charge < -0.3 is 27.4 Å². The zero-order valence-corrected chi connectivity index (χ0v) is 33.1. The molecule has 2 aliphatic heterocycles. The van der Waals surface area contributed by atoms with Crippen molar-refractivity contribution < 1.29 is 26.5 Å². The topological polar surface area (TPSA) is 81.3 Å². The number of nitrogens with zero attached hydrogens (tertiary/aromatic N) is 4. The van der Waals surface area contributed by atoms with E-state index in [9.17, 15) is 4.79 Å². The van der Waals surface area contributed by atoms with Crippen LogP contribution in [0.5, 0.6) is 5.75 Å². The zero-order valence-electron chi connectivity index (χ0n) is 31.5. The predicted octanol–water partition coefficient (Wildman–Crippen LogP) is 6.51. The number of benzene rings is 3. The summed E-state index contributed by atoms with van der Waals surface area (Å²) in [6.07, 6.45) is 15.2. The highest BCUT2D eigenvalue weighted by molar-refractivity contribution is 7.19. The first kappa shape index (κ1) is 39.5. The van der Waals surface area contributed by atoms with Gasteiger partial charge in [-0.1, -0.05) is 68.5 Å². The predicted molar refractivity (Wildman–Crippen MR) is 214 cm³/mol. The highest BCUT2D eigenvalue weighted by Gasteiger charge is 2.43. The molecule has 2 aliphatic rings. The molecular weight excluding hydrogens is 698 g/mol. The van der Waals surface area contributed by atoms with Crippen LogP contribution in [0.1, 0.15) is 82.9 Å². The van der Waals surface area contributed by atoms with Crippen LogP contribution in [0.15, 0.2) is 103 Å². The van der Waals surface area contributed by atoms with Gasteiger partial charge in [-0.3, -0.25) is 4.79 Å². The number of fused-ring (bicyclic) bond motifs is 3. The number of nitriles is 1. The number of para-hydroxylation sites is 2. The summed E-state index contributed by atoms with van der Waals surface area (Å²) in [7, 11) is 0. The van der Waals surface area contributed by atoms with Crippen molar-refractivity contribution in [2.24, 2.45) is 0 Å². The molecular formula is C44H50ClN5O2S. The lowest BCUT2D eigenvalue weighted by Gasteiger charge is -2.25. The molecule has 1 N–H and O–H groups in total. The molecule has 0 atom stereocenters. The number of hydrogen-bond donors (Lipinski definition) is 1. The van der Waals surface area contributed by atoms with Gasteiger partial charge in [0.05, 0.1) is 22.2 Å². The standard InChI is InChI=1S/C44H49N5O2S.ClH/c1-6-48-36-20-14-12-18-33(36)43(2,3)39(48)22-9-7-10-23-40-44(4,5)34-19-13-15-21-37(34)49(40)28-16-8-11-24-41(50)46-27-17-29-51-32-25-26-35-38(30-32)52-42(31-45)47-35;/h7,9-10,12-15,18-23,25-26,30H,6,8,11,16-17,24,27-29H2,1-5H3;1H. The van der Waals surface area contributed by atoms with Crippen LogP contribution in [0.25, 0.3) is 10.2 Å². The molecule has 3 aromatic carbocycles. The number of aromatic nitrogens is 1. The number of hydrogen-bond acceptors (Lipinski definition) is 6. The Morgan fingerprint density at radius 2 is 1.74 bits per heavy atom. The summed E-state index contributed by atoms with van der Waals surface area (Å²) in [6, 6.07) is 25.2. The number of allylic oxidation sites excluding steroid dienone is 6. The number of nitrogens with one attached hydrogen (secondary N) is 1. The zero-order chi connectivity index (χ0) is 36.7. The van der Waals surface area contributed by atoms with Crippen molar-refractivity contribution in [3.63, 3.8) is 0 Å².